The minimum atomic E-state index is -0.399. The fraction of sp³-hybridized carbons (Fsp3) is 0.286. The van der Waals surface area contributed by atoms with Crippen LogP contribution in [0.3, 0.4) is 0 Å². The molecule has 0 radical (unpaired) electrons. The van der Waals surface area contributed by atoms with E-state index in [4.69, 9.17) is 24.5 Å². The lowest BCUT2D eigenvalue weighted by Crippen LogP contribution is -2.29. The van der Waals surface area contributed by atoms with Crippen LogP contribution < -0.4 is 25.5 Å². The first-order valence-corrected chi connectivity index (χ1v) is 6.94. The zero-order chi connectivity index (χ0) is 15.4. The van der Waals surface area contributed by atoms with E-state index in [9.17, 15) is 0 Å². The summed E-state index contributed by atoms with van der Waals surface area (Å²) in [6.45, 7) is 0. The van der Waals surface area contributed by atoms with Gasteiger partial charge in [0, 0.05) is 11.6 Å². The van der Waals surface area contributed by atoms with Crippen LogP contribution in [0.4, 0.5) is 0 Å². The summed E-state index contributed by atoms with van der Waals surface area (Å²) in [6.07, 6.45) is 1.58. The van der Waals surface area contributed by atoms with Gasteiger partial charge in [0.25, 0.3) is 0 Å². The second-order valence-corrected chi connectivity index (χ2v) is 5.04. The maximum Gasteiger partial charge on any atom is 0.164 e. The average molecular weight is 357 g/mol. The van der Waals surface area contributed by atoms with E-state index in [1.165, 1.54) is 0 Å². The van der Waals surface area contributed by atoms with Gasteiger partial charge in [-0.1, -0.05) is 0 Å². The minimum absolute atomic E-state index is 0.399. The van der Waals surface area contributed by atoms with Gasteiger partial charge < -0.3 is 18.6 Å². The fourth-order valence-corrected chi connectivity index (χ4v) is 2.53. The van der Waals surface area contributed by atoms with Gasteiger partial charge in [0.2, 0.25) is 0 Å². The molecular formula is C14H17BrN2O4. The normalized spacial score (nSPS) is 12.0. The van der Waals surface area contributed by atoms with Crippen molar-refractivity contribution in [1.29, 1.82) is 0 Å². The van der Waals surface area contributed by atoms with Crippen LogP contribution in [0.15, 0.2) is 33.4 Å². The number of hydrogen-bond donors (Lipinski definition) is 2. The van der Waals surface area contributed by atoms with Gasteiger partial charge in [0.1, 0.15) is 17.6 Å². The Hall–Kier alpha value is -1.70. The predicted octanol–water partition coefficient (Wildman–Crippen LogP) is 2.62. The van der Waals surface area contributed by atoms with E-state index >= 15 is 0 Å². The van der Waals surface area contributed by atoms with Crippen LogP contribution in [0.2, 0.25) is 0 Å². The molecule has 1 unspecified atom stereocenters. The standard InChI is InChI=1S/C14H17BrN2O4/c1-18-10-7-12(20-3)11(19-2)6-8(10)13(17-16)14-9(15)4-5-21-14/h4-7,13,17H,16H2,1-3H3. The molecule has 0 saturated heterocycles. The molecule has 0 aliphatic heterocycles. The number of halogens is 1. The van der Waals surface area contributed by atoms with Crippen LogP contribution in [0.1, 0.15) is 17.4 Å². The monoisotopic (exact) mass is 356 g/mol. The van der Waals surface area contributed by atoms with Crippen molar-refractivity contribution in [2.75, 3.05) is 21.3 Å². The van der Waals surface area contributed by atoms with Crippen molar-refractivity contribution < 1.29 is 18.6 Å². The third kappa shape index (κ3) is 2.99. The first-order valence-electron chi connectivity index (χ1n) is 6.15. The van der Waals surface area contributed by atoms with Gasteiger partial charge in [-0.25, -0.2) is 5.43 Å². The zero-order valence-corrected chi connectivity index (χ0v) is 13.6. The number of hydrogen-bond acceptors (Lipinski definition) is 6. The summed E-state index contributed by atoms with van der Waals surface area (Å²) in [5, 5.41) is 0. The summed E-state index contributed by atoms with van der Waals surface area (Å²) in [5.74, 6) is 8.10. The van der Waals surface area contributed by atoms with Crippen LogP contribution in [-0.2, 0) is 0 Å². The molecule has 2 rings (SSSR count). The van der Waals surface area contributed by atoms with Crippen LogP contribution in [-0.4, -0.2) is 21.3 Å². The van der Waals surface area contributed by atoms with Gasteiger partial charge >= 0.3 is 0 Å². The Bertz CT molecular complexity index is 615. The van der Waals surface area contributed by atoms with E-state index in [1.54, 1.807) is 45.8 Å². The van der Waals surface area contributed by atoms with Gasteiger partial charge in [-0.05, 0) is 28.1 Å². The molecule has 0 bridgehead atoms. The summed E-state index contributed by atoms with van der Waals surface area (Å²) in [7, 11) is 4.72. The molecule has 0 fully saturated rings. The maximum absolute atomic E-state index is 5.69. The Labute approximate surface area is 131 Å². The molecule has 3 N–H and O–H groups in total. The summed E-state index contributed by atoms with van der Waals surface area (Å²) in [5.41, 5.74) is 3.50. The Balaban J connectivity index is 2.57. The number of nitrogens with two attached hydrogens (primary N) is 1. The van der Waals surface area contributed by atoms with E-state index in [-0.39, 0.29) is 0 Å². The SMILES string of the molecule is COc1cc(OC)c(C(NN)c2occc2Br)cc1OC. The zero-order valence-electron chi connectivity index (χ0n) is 12.0. The molecule has 7 heteroatoms. The third-order valence-corrected chi connectivity index (χ3v) is 3.78. The quantitative estimate of drug-likeness (QED) is 0.611. The number of methoxy groups -OCH3 is 3. The molecular weight excluding hydrogens is 340 g/mol. The lowest BCUT2D eigenvalue weighted by atomic mass is 10.0. The van der Waals surface area contributed by atoms with Crippen molar-refractivity contribution >= 4 is 15.9 Å². The minimum Gasteiger partial charge on any atom is -0.496 e. The molecule has 114 valence electrons. The molecule has 1 atom stereocenters. The molecule has 0 aliphatic rings. The van der Waals surface area contributed by atoms with Crippen molar-refractivity contribution in [3.63, 3.8) is 0 Å². The number of nitrogens with one attached hydrogen (secondary N) is 1. The van der Waals surface area contributed by atoms with Gasteiger partial charge in [-0.2, -0.15) is 0 Å². The Kier molecular flexibility index (Phi) is 5.11. The van der Waals surface area contributed by atoms with Gasteiger partial charge in [-0.3, -0.25) is 5.84 Å². The predicted molar refractivity (Wildman–Crippen MR) is 81.7 cm³/mol. The van der Waals surface area contributed by atoms with Gasteiger partial charge in [0.05, 0.1) is 32.1 Å². The molecule has 0 aliphatic carbocycles. The van der Waals surface area contributed by atoms with E-state index < -0.39 is 6.04 Å². The summed E-state index contributed by atoms with van der Waals surface area (Å²) >= 11 is 3.43. The van der Waals surface area contributed by atoms with Crippen molar-refractivity contribution in [3.05, 3.63) is 40.3 Å². The largest absolute Gasteiger partial charge is 0.496 e. The van der Waals surface area contributed by atoms with Gasteiger partial charge in [-0.15, -0.1) is 0 Å². The molecule has 21 heavy (non-hydrogen) atoms. The second kappa shape index (κ2) is 6.84. The van der Waals surface area contributed by atoms with Crippen LogP contribution in [0.25, 0.3) is 0 Å². The number of hydrazine groups is 1. The first kappa shape index (κ1) is 15.7. The average Bonchev–Trinajstić information content (AvgIpc) is 2.93. The smallest absolute Gasteiger partial charge is 0.164 e. The number of benzene rings is 1. The highest BCUT2D eigenvalue weighted by atomic mass is 79.9. The van der Waals surface area contributed by atoms with Crippen molar-refractivity contribution in [2.24, 2.45) is 5.84 Å². The molecule has 1 aromatic carbocycles. The van der Waals surface area contributed by atoms with Crippen molar-refractivity contribution in [1.82, 2.24) is 5.43 Å². The van der Waals surface area contributed by atoms with Crippen molar-refractivity contribution in [3.8, 4) is 17.2 Å². The number of furan rings is 1. The number of ether oxygens (including phenoxy) is 3. The highest BCUT2D eigenvalue weighted by molar-refractivity contribution is 9.10. The van der Waals surface area contributed by atoms with E-state index in [1.807, 2.05) is 0 Å². The summed E-state index contributed by atoms with van der Waals surface area (Å²) in [6, 6.07) is 4.95. The molecule has 1 heterocycles. The topological polar surface area (TPSA) is 78.9 Å². The van der Waals surface area contributed by atoms with Crippen molar-refractivity contribution in [2.45, 2.75) is 6.04 Å². The first-order chi connectivity index (χ1) is 10.2. The molecule has 0 spiro atoms. The third-order valence-electron chi connectivity index (χ3n) is 3.12. The lowest BCUT2D eigenvalue weighted by molar-refractivity contribution is 0.344. The Morgan fingerprint density at radius 1 is 1.10 bits per heavy atom. The fourth-order valence-electron chi connectivity index (χ4n) is 2.10. The van der Waals surface area contributed by atoms with Crippen LogP contribution >= 0.6 is 15.9 Å². The maximum atomic E-state index is 5.69. The number of rotatable bonds is 6. The second-order valence-electron chi connectivity index (χ2n) is 4.18. The van der Waals surface area contributed by atoms with Gasteiger partial charge in [0.15, 0.2) is 11.5 Å². The highest BCUT2D eigenvalue weighted by Gasteiger charge is 2.24. The Morgan fingerprint density at radius 2 is 1.71 bits per heavy atom. The lowest BCUT2D eigenvalue weighted by Gasteiger charge is -2.20. The van der Waals surface area contributed by atoms with Crippen LogP contribution in [0.5, 0.6) is 17.2 Å². The molecule has 1 aromatic heterocycles. The molecule has 2 aromatic rings. The summed E-state index contributed by atoms with van der Waals surface area (Å²) in [4.78, 5) is 0. The molecule has 0 amide bonds. The van der Waals surface area contributed by atoms with Crippen LogP contribution in [0, 0.1) is 0 Å². The summed E-state index contributed by atoms with van der Waals surface area (Å²) < 4.78 is 22.3. The Morgan fingerprint density at radius 3 is 2.19 bits per heavy atom. The molecule has 0 saturated carbocycles. The van der Waals surface area contributed by atoms with E-state index in [0.717, 1.165) is 10.0 Å². The highest BCUT2D eigenvalue weighted by Crippen LogP contribution is 2.40. The molecule has 6 nitrogen and oxygen atoms in total. The van der Waals surface area contributed by atoms with E-state index in [2.05, 4.69) is 21.4 Å². The van der Waals surface area contributed by atoms with E-state index in [0.29, 0.717) is 23.0 Å².